The van der Waals surface area contributed by atoms with Crippen molar-refractivity contribution in [2.75, 3.05) is 11.5 Å². The van der Waals surface area contributed by atoms with Crippen LogP contribution in [0.1, 0.15) is 17.3 Å². The molecule has 0 aliphatic rings. The van der Waals surface area contributed by atoms with Gasteiger partial charge in [-0.15, -0.1) is 0 Å². The highest BCUT2D eigenvalue weighted by atomic mass is 32.1. The van der Waals surface area contributed by atoms with Crippen molar-refractivity contribution in [3.63, 3.8) is 0 Å². The SMILES string of the molecule is CC(=O)N[C@@H](CS)C(=O)O.Nc1ccc(O)c(C(=O)O)c1. The van der Waals surface area contributed by atoms with E-state index in [-0.39, 0.29) is 23.0 Å². The van der Waals surface area contributed by atoms with Crippen molar-refractivity contribution in [3.8, 4) is 5.75 Å². The molecule has 0 radical (unpaired) electrons. The van der Waals surface area contributed by atoms with Crippen LogP contribution in [0.3, 0.4) is 0 Å². The van der Waals surface area contributed by atoms with Gasteiger partial charge in [0.15, 0.2) is 0 Å². The van der Waals surface area contributed by atoms with Crippen LogP contribution in [0.5, 0.6) is 5.75 Å². The van der Waals surface area contributed by atoms with Gasteiger partial charge in [0.25, 0.3) is 0 Å². The molecule has 0 saturated carbocycles. The van der Waals surface area contributed by atoms with E-state index in [9.17, 15) is 14.4 Å². The summed E-state index contributed by atoms with van der Waals surface area (Å²) in [6.07, 6.45) is 0. The van der Waals surface area contributed by atoms with Crippen LogP contribution in [0.4, 0.5) is 5.69 Å². The van der Waals surface area contributed by atoms with E-state index in [2.05, 4.69) is 17.9 Å². The Morgan fingerprint density at radius 3 is 2.19 bits per heavy atom. The number of aliphatic carboxylic acids is 1. The summed E-state index contributed by atoms with van der Waals surface area (Å²) in [5, 5.41) is 28.0. The summed E-state index contributed by atoms with van der Waals surface area (Å²) in [5.74, 6) is -2.78. The summed E-state index contributed by atoms with van der Waals surface area (Å²) in [6.45, 7) is 1.26. The number of nitrogen functional groups attached to an aromatic ring is 1. The number of anilines is 1. The molecule has 1 aromatic carbocycles. The first-order valence-corrected chi connectivity index (χ1v) is 6.24. The number of aromatic hydroxyl groups is 1. The highest BCUT2D eigenvalue weighted by Gasteiger charge is 2.15. The van der Waals surface area contributed by atoms with Gasteiger partial charge in [-0.05, 0) is 18.2 Å². The second-order valence-corrected chi connectivity index (χ2v) is 4.22. The van der Waals surface area contributed by atoms with Gasteiger partial charge in [0.2, 0.25) is 5.91 Å². The second-order valence-electron chi connectivity index (χ2n) is 3.86. The van der Waals surface area contributed by atoms with Crippen molar-refractivity contribution in [2.45, 2.75) is 13.0 Å². The molecule has 116 valence electrons. The van der Waals surface area contributed by atoms with Gasteiger partial charge in [-0.3, -0.25) is 4.79 Å². The molecular formula is C12H16N2O6S. The first-order valence-electron chi connectivity index (χ1n) is 5.61. The number of nitrogens with two attached hydrogens (primary N) is 1. The first kappa shape index (κ1) is 18.6. The number of phenols is 1. The van der Waals surface area contributed by atoms with Gasteiger partial charge in [-0.25, -0.2) is 9.59 Å². The number of amides is 1. The van der Waals surface area contributed by atoms with E-state index in [1.165, 1.54) is 25.1 Å². The predicted molar refractivity (Wildman–Crippen MR) is 78.6 cm³/mol. The Morgan fingerprint density at radius 2 is 1.90 bits per heavy atom. The predicted octanol–water partition coefficient (Wildman–Crippen LogP) is 0.178. The van der Waals surface area contributed by atoms with Gasteiger partial charge in [0, 0.05) is 18.4 Å². The molecule has 0 unspecified atom stereocenters. The van der Waals surface area contributed by atoms with Crippen molar-refractivity contribution in [1.29, 1.82) is 0 Å². The molecule has 0 heterocycles. The van der Waals surface area contributed by atoms with Crippen molar-refractivity contribution in [2.24, 2.45) is 0 Å². The zero-order valence-corrected chi connectivity index (χ0v) is 12.0. The molecule has 0 aromatic heterocycles. The molecule has 0 spiro atoms. The molecule has 21 heavy (non-hydrogen) atoms. The van der Waals surface area contributed by atoms with Crippen LogP contribution < -0.4 is 11.1 Å². The molecule has 1 rings (SSSR count). The lowest BCUT2D eigenvalue weighted by atomic mass is 10.2. The highest BCUT2D eigenvalue weighted by molar-refractivity contribution is 7.80. The molecule has 0 aliphatic carbocycles. The number of hydrogen-bond acceptors (Lipinski definition) is 6. The van der Waals surface area contributed by atoms with Crippen LogP contribution in [-0.4, -0.2) is 45.0 Å². The van der Waals surface area contributed by atoms with Gasteiger partial charge in [0.05, 0.1) is 0 Å². The standard InChI is InChI=1S/C7H7NO3.C5H9NO3S/c8-4-1-2-6(9)5(3-4)7(10)11;1-3(7)6-4(2-10)5(8)9/h1-3,9H,8H2,(H,10,11);4,10H,2H2,1H3,(H,6,7)(H,8,9)/t;4-/m.0/s1. The normalized spacial score (nSPS) is 10.8. The lowest BCUT2D eigenvalue weighted by Gasteiger charge is -2.08. The Bertz CT molecular complexity index is 534. The molecule has 0 aliphatic heterocycles. The molecule has 0 bridgehead atoms. The minimum Gasteiger partial charge on any atom is -0.507 e. The summed E-state index contributed by atoms with van der Waals surface area (Å²) in [5.41, 5.74) is 5.43. The number of hydrogen-bond donors (Lipinski definition) is 6. The summed E-state index contributed by atoms with van der Waals surface area (Å²) in [4.78, 5) is 30.9. The molecular weight excluding hydrogens is 300 g/mol. The van der Waals surface area contributed by atoms with Gasteiger partial charge < -0.3 is 26.4 Å². The van der Waals surface area contributed by atoms with Crippen LogP contribution >= 0.6 is 12.6 Å². The maximum atomic E-state index is 10.4. The Labute approximate surface area is 126 Å². The maximum Gasteiger partial charge on any atom is 0.339 e. The number of thiol groups is 1. The number of nitrogens with one attached hydrogen (secondary N) is 1. The molecule has 1 amide bonds. The number of carbonyl (C=O) groups is 3. The average Bonchev–Trinajstić information content (AvgIpc) is 2.38. The number of rotatable bonds is 4. The third kappa shape index (κ3) is 7.06. The van der Waals surface area contributed by atoms with Crippen molar-refractivity contribution in [1.82, 2.24) is 5.32 Å². The Hall–Kier alpha value is -2.42. The lowest BCUT2D eigenvalue weighted by molar-refractivity contribution is -0.140. The van der Waals surface area contributed by atoms with Crippen LogP contribution in [0.15, 0.2) is 18.2 Å². The van der Waals surface area contributed by atoms with E-state index in [1.807, 2.05) is 0 Å². The molecule has 1 aromatic rings. The van der Waals surface area contributed by atoms with Crippen molar-refractivity contribution < 1.29 is 29.7 Å². The Balaban J connectivity index is 0.000000384. The molecule has 0 fully saturated rings. The quantitative estimate of drug-likeness (QED) is 0.263. The first-order chi connectivity index (χ1) is 9.68. The van der Waals surface area contributed by atoms with Gasteiger partial charge in [0.1, 0.15) is 17.4 Å². The fourth-order valence-corrected chi connectivity index (χ4v) is 1.40. The van der Waals surface area contributed by atoms with Crippen LogP contribution in [0.2, 0.25) is 0 Å². The zero-order valence-electron chi connectivity index (χ0n) is 11.1. The third-order valence-electron chi connectivity index (χ3n) is 2.11. The van der Waals surface area contributed by atoms with E-state index in [0.717, 1.165) is 0 Å². The Morgan fingerprint density at radius 1 is 1.33 bits per heavy atom. The van der Waals surface area contributed by atoms with Crippen LogP contribution in [0.25, 0.3) is 0 Å². The zero-order chi connectivity index (χ0) is 16.6. The van der Waals surface area contributed by atoms with Crippen LogP contribution in [0, 0.1) is 0 Å². The van der Waals surface area contributed by atoms with E-state index >= 15 is 0 Å². The van der Waals surface area contributed by atoms with Crippen molar-refractivity contribution in [3.05, 3.63) is 23.8 Å². The monoisotopic (exact) mass is 316 g/mol. The van der Waals surface area contributed by atoms with Gasteiger partial charge in [-0.1, -0.05) is 0 Å². The minimum absolute atomic E-state index is 0.106. The minimum atomic E-state index is -1.19. The molecule has 1 atom stereocenters. The number of carboxylic acid groups (broad SMARTS) is 2. The van der Waals surface area contributed by atoms with Crippen molar-refractivity contribution >= 4 is 36.2 Å². The smallest absolute Gasteiger partial charge is 0.339 e. The molecule has 9 heteroatoms. The van der Waals surface area contributed by atoms with Gasteiger partial charge in [-0.2, -0.15) is 12.6 Å². The second kappa shape index (κ2) is 8.69. The summed E-state index contributed by atoms with van der Waals surface area (Å²) in [6, 6.07) is 3.01. The summed E-state index contributed by atoms with van der Waals surface area (Å²) < 4.78 is 0. The number of carbonyl (C=O) groups excluding carboxylic acids is 1. The van der Waals surface area contributed by atoms with E-state index in [4.69, 9.17) is 21.1 Å². The fraction of sp³-hybridized carbons (Fsp3) is 0.250. The Kier molecular flexibility index (Phi) is 7.69. The fourth-order valence-electron chi connectivity index (χ4n) is 1.16. The summed E-state index contributed by atoms with van der Waals surface area (Å²) >= 11 is 3.73. The largest absolute Gasteiger partial charge is 0.507 e. The average molecular weight is 316 g/mol. The number of benzene rings is 1. The highest BCUT2D eigenvalue weighted by Crippen LogP contribution is 2.18. The molecule has 6 N–H and O–H groups in total. The topological polar surface area (TPSA) is 150 Å². The van der Waals surface area contributed by atoms with E-state index < -0.39 is 18.0 Å². The maximum absolute atomic E-state index is 10.4. The van der Waals surface area contributed by atoms with Gasteiger partial charge >= 0.3 is 11.9 Å². The molecule has 0 saturated heterocycles. The number of aromatic carboxylic acids is 1. The van der Waals surface area contributed by atoms with Crippen LogP contribution in [-0.2, 0) is 9.59 Å². The van der Waals surface area contributed by atoms with E-state index in [1.54, 1.807) is 0 Å². The summed E-state index contributed by atoms with van der Waals surface area (Å²) in [7, 11) is 0. The molecule has 8 nitrogen and oxygen atoms in total. The van der Waals surface area contributed by atoms with E-state index in [0.29, 0.717) is 5.69 Å². The lowest BCUT2D eigenvalue weighted by Crippen LogP contribution is -2.40. The number of carboxylic acids is 2. The third-order valence-corrected chi connectivity index (χ3v) is 2.47.